The summed E-state index contributed by atoms with van der Waals surface area (Å²) >= 11 is 12.2. The van der Waals surface area contributed by atoms with Crippen LogP contribution in [0.15, 0.2) is 12.3 Å². The van der Waals surface area contributed by atoms with E-state index in [1.807, 2.05) is 13.8 Å². The molecule has 2 rings (SSSR count). The van der Waals surface area contributed by atoms with Gasteiger partial charge in [0.2, 0.25) is 0 Å². The number of hydrogen-bond donors (Lipinski definition) is 0. The van der Waals surface area contributed by atoms with Crippen molar-refractivity contribution in [1.29, 1.82) is 0 Å². The summed E-state index contributed by atoms with van der Waals surface area (Å²) in [4.78, 5) is 6.57. The Morgan fingerprint density at radius 1 is 1.50 bits per heavy atom. The first-order chi connectivity index (χ1) is 9.56. The number of pyridine rings is 1. The highest BCUT2D eigenvalue weighted by Crippen LogP contribution is 2.25. The standard InChI is InChI=1S/C14H20Cl2N2O2/c1-10(2)20-9-11-7-18(5-6-19-11)8-13-14(16)12(15)3-4-17-13/h3-4,10-11H,5-9H2,1-2H3. The van der Waals surface area contributed by atoms with E-state index in [-0.39, 0.29) is 12.2 Å². The van der Waals surface area contributed by atoms with Crippen LogP contribution in [0.1, 0.15) is 19.5 Å². The van der Waals surface area contributed by atoms with Crippen molar-refractivity contribution in [3.8, 4) is 0 Å². The lowest BCUT2D eigenvalue weighted by molar-refractivity contribution is -0.0816. The number of morpholine rings is 1. The average molecular weight is 319 g/mol. The molecule has 1 fully saturated rings. The lowest BCUT2D eigenvalue weighted by Crippen LogP contribution is -2.44. The highest BCUT2D eigenvalue weighted by Gasteiger charge is 2.22. The van der Waals surface area contributed by atoms with Crippen LogP contribution < -0.4 is 0 Å². The molecule has 0 radical (unpaired) electrons. The van der Waals surface area contributed by atoms with Gasteiger partial charge in [0.25, 0.3) is 0 Å². The van der Waals surface area contributed by atoms with Crippen molar-refractivity contribution in [3.63, 3.8) is 0 Å². The maximum absolute atomic E-state index is 6.17. The van der Waals surface area contributed by atoms with Gasteiger partial charge in [0, 0.05) is 25.8 Å². The van der Waals surface area contributed by atoms with Crippen molar-refractivity contribution in [1.82, 2.24) is 9.88 Å². The first-order valence-electron chi connectivity index (χ1n) is 6.80. The second-order valence-corrected chi connectivity index (χ2v) is 5.95. The molecule has 6 heteroatoms. The van der Waals surface area contributed by atoms with E-state index in [2.05, 4.69) is 9.88 Å². The van der Waals surface area contributed by atoms with Gasteiger partial charge in [-0.2, -0.15) is 0 Å². The largest absolute Gasteiger partial charge is 0.376 e. The molecule has 1 aromatic heterocycles. The van der Waals surface area contributed by atoms with Crippen molar-refractivity contribution in [3.05, 3.63) is 28.0 Å². The molecule has 1 aliphatic heterocycles. The normalized spacial score (nSPS) is 20.6. The van der Waals surface area contributed by atoms with Crippen molar-refractivity contribution in [2.45, 2.75) is 32.6 Å². The van der Waals surface area contributed by atoms with E-state index < -0.39 is 0 Å². The molecule has 0 aromatic carbocycles. The second-order valence-electron chi connectivity index (χ2n) is 5.16. The van der Waals surface area contributed by atoms with Crippen LogP contribution in [0.3, 0.4) is 0 Å². The fourth-order valence-electron chi connectivity index (χ4n) is 2.11. The van der Waals surface area contributed by atoms with Gasteiger partial charge in [0.05, 0.1) is 41.2 Å². The summed E-state index contributed by atoms with van der Waals surface area (Å²) in [6.07, 6.45) is 2.01. The molecule has 0 bridgehead atoms. The maximum atomic E-state index is 6.17. The van der Waals surface area contributed by atoms with Crippen LogP contribution in [0.25, 0.3) is 0 Å². The average Bonchev–Trinajstić information content (AvgIpc) is 2.42. The third kappa shape index (κ3) is 4.57. The monoisotopic (exact) mass is 318 g/mol. The third-order valence-electron chi connectivity index (χ3n) is 3.13. The molecule has 20 heavy (non-hydrogen) atoms. The van der Waals surface area contributed by atoms with E-state index in [0.29, 0.717) is 29.8 Å². The van der Waals surface area contributed by atoms with Gasteiger partial charge in [-0.15, -0.1) is 0 Å². The van der Waals surface area contributed by atoms with E-state index in [1.165, 1.54) is 0 Å². The Morgan fingerprint density at radius 2 is 2.30 bits per heavy atom. The van der Waals surface area contributed by atoms with Crippen molar-refractivity contribution < 1.29 is 9.47 Å². The van der Waals surface area contributed by atoms with Gasteiger partial charge < -0.3 is 9.47 Å². The van der Waals surface area contributed by atoms with E-state index in [1.54, 1.807) is 12.3 Å². The van der Waals surface area contributed by atoms with Gasteiger partial charge in [-0.25, -0.2) is 0 Å². The van der Waals surface area contributed by atoms with Crippen molar-refractivity contribution >= 4 is 23.2 Å². The number of rotatable bonds is 5. The zero-order chi connectivity index (χ0) is 14.5. The van der Waals surface area contributed by atoms with E-state index in [0.717, 1.165) is 18.8 Å². The zero-order valence-corrected chi connectivity index (χ0v) is 13.3. The lowest BCUT2D eigenvalue weighted by atomic mass is 10.2. The summed E-state index contributed by atoms with van der Waals surface area (Å²) in [7, 11) is 0. The smallest absolute Gasteiger partial charge is 0.0935 e. The first-order valence-corrected chi connectivity index (χ1v) is 7.56. The summed E-state index contributed by atoms with van der Waals surface area (Å²) in [5.41, 5.74) is 0.810. The fourth-order valence-corrected chi connectivity index (χ4v) is 2.44. The highest BCUT2D eigenvalue weighted by molar-refractivity contribution is 6.42. The van der Waals surface area contributed by atoms with Crippen molar-refractivity contribution in [2.24, 2.45) is 0 Å². The molecular formula is C14H20Cl2N2O2. The summed E-state index contributed by atoms with van der Waals surface area (Å²) in [5, 5.41) is 1.08. The Labute approximate surface area is 130 Å². The zero-order valence-electron chi connectivity index (χ0n) is 11.8. The molecule has 112 valence electrons. The van der Waals surface area contributed by atoms with Crippen LogP contribution in [0.4, 0.5) is 0 Å². The summed E-state index contributed by atoms with van der Waals surface area (Å²) in [6.45, 7) is 7.72. The molecule has 4 nitrogen and oxygen atoms in total. The van der Waals surface area contributed by atoms with Gasteiger partial charge >= 0.3 is 0 Å². The third-order valence-corrected chi connectivity index (χ3v) is 3.96. The number of nitrogens with zero attached hydrogens (tertiary/aromatic N) is 2. The first kappa shape index (κ1) is 16.0. The quantitative estimate of drug-likeness (QED) is 0.836. The fraction of sp³-hybridized carbons (Fsp3) is 0.643. The minimum Gasteiger partial charge on any atom is -0.376 e. The van der Waals surface area contributed by atoms with Crippen LogP contribution in [0, 0.1) is 0 Å². The molecule has 0 amide bonds. The van der Waals surface area contributed by atoms with Crippen LogP contribution in [0.5, 0.6) is 0 Å². The minimum absolute atomic E-state index is 0.101. The summed E-state index contributed by atoms with van der Waals surface area (Å²) in [6, 6.07) is 1.70. The minimum atomic E-state index is 0.101. The number of halogens is 2. The Kier molecular flexibility index (Phi) is 6.05. The molecule has 1 atom stereocenters. The molecule has 2 heterocycles. The van der Waals surface area contributed by atoms with Crippen LogP contribution in [0.2, 0.25) is 10.0 Å². The predicted molar refractivity (Wildman–Crippen MR) is 80.4 cm³/mol. The molecule has 0 spiro atoms. The molecule has 0 saturated carbocycles. The molecular weight excluding hydrogens is 299 g/mol. The number of ether oxygens (including phenoxy) is 2. The second kappa shape index (κ2) is 7.57. The van der Waals surface area contributed by atoms with E-state index in [4.69, 9.17) is 32.7 Å². The van der Waals surface area contributed by atoms with Crippen LogP contribution >= 0.6 is 23.2 Å². The number of hydrogen-bond acceptors (Lipinski definition) is 4. The van der Waals surface area contributed by atoms with Crippen molar-refractivity contribution in [2.75, 3.05) is 26.3 Å². The lowest BCUT2D eigenvalue weighted by Gasteiger charge is -2.33. The van der Waals surface area contributed by atoms with Crippen LogP contribution in [-0.2, 0) is 16.0 Å². The highest BCUT2D eigenvalue weighted by atomic mass is 35.5. The molecule has 0 N–H and O–H groups in total. The van der Waals surface area contributed by atoms with E-state index >= 15 is 0 Å². The molecule has 1 aromatic rings. The SMILES string of the molecule is CC(C)OCC1CN(Cc2nccc(Cl)c2Cl)CCO1. The van der Waals surface area contributed by atoms with Gasteiger partial charge in [-0.05, 0) is 19.9 Å². The van der Waals surface area contributed by atoms with Gasteiger partial charge in [-0.1, -0.05) is 23.2 Å². The van der Waals surface area contributed by atoms with Gasteiger partial charge in [0.15, 0.2) is 0 Å². The summed E-state index contributed by atoms with van der Waals surface area (Å²) in [5.74, 6) is 0. The molecule has 1 saturated heterocycles. The van der Waals surface area contributed by atoms with Gasteiger partial charge in [-0.3, -0.25) is 9.88 Å². The summed E-state index contributed by atoms with van der Waals surface area (Å²) < 4.78 is 11.3. The van der Waals surface area contributed by atoms with Gasteiger partial charge in [0.1, 0.15) is 0 Å². The Hall–Kier alpha value is -0.390. The van der Waals surface area contributed by atoms with Crippen LogP contribution in [-0.4, -0.2) is 48.4 Å². The Bertz CT molecular complexity index is 443. The number of aromatic nitrogens is 1. The maximum Gasteiger partial charge on any atom is 0.0935 e. The Balaban J connectivity index is 1.91. The molecule has 1 aliphatic rings. The topological polar surface area (TPSA) is 34.6 Å². The molecule has 0 aliphatic carbocycles. The molecule has 1 unspecified atom stereocenters. The van der Waals surface area contributed by atoms with E-state index in [9.17, 15) is 0 Å². The predicted octanol–water partition coefficient (Wildman–Crippen LogP) is 3.01. The Morgan fingerprint density at radius 3 is 3.05 bits per heavy atom.